The zero-order valence-electron chi connectivity index (χ0n) is 15.1. The smallest absolute Gasteiger partial charge is 0.251 e. The van der Waals surface area contributed by atoms with E-state index in [0.29, 0.717) is 37.5 Å². The van der Waals surface area contributed by atoms with Crippen molar-refractivity contribution in [1.82, 2.24) is 16.0 Å². The van der Waals surface area contributed by atoms with Crippen LogP contribution in [0.5, 0.6) is 0 Å². The molecule has 7 nitrogen and oxygen atoms in total. The van der Waals surface area contributed by atoms with E-state index < -0.39 is 9.84 Å². The topological polar surface area (TPSA) is 99.7 Å². The van der Waals surface area contributed by atoms with Gasteiger partial charge in [0.2, 0.25) is 0 Å². The Morgan fingerprint density at radius 1 is 1.35 bits per heavy atom. The van der Waals surface area contributed by atoms with Crippen LogP contribution in [0.25, 0.3) is 0 Å². The second-order valence-electron chi connectivity index (χ2n) is 6.03. The molecule has 1 unspecified atom stereocenters. The van der Waals surface area contributed by atoms with Gasteiger partial charge in [-0.2, -0.15) is 0 Å². The molecule has 0 radical (unpaired) electrons. The number of nitrogens with zero attached hydrogens (tertiary/aromatic N) is 1. The van der Waals surface area contributed by atoms with Gasteiger partial charge in [-0.3, -0.25) is 9.79 Å². The average Bonchev–Trinajstić information content (AvgIpc) is 2.93. The predicted octanol–water partition coefficient (Wildman–Crippen LogP) is 0.949. The third-order valence-corrected chi connectivity index (χ3v) is 5.77. The first-order chi connectivity index (χ1) is 11.9. The van der Waals surface area contributed by atoms with Crippen molar-refractivity contribution in [2.45, 2.75) is 25.8 Å². The minimum atomic E-state index is -2.92. The van der Waals surface area contributed by atoms with Gasteiger partial charge in [0.05, 0.1) is 11.5 Å². The van der Waals surface area contributed by atoms with Crippen LogP contribution in [-0.2, 0) is 16.3 Å². The van der Waals surface area contributed by atoms with Crippen LogP contribution in [0.3, 0.4) is 0 Å². The van der Waals surface area contributed by atoms with Crippen LogP contribution in [0.2, 0.25) is 0 Å². The molecule has 1 saturated heterocycles. The van der Waals surface area contributed by atoms with Gasteiger partial charge in [0.25, 0.3) is 5.91 Å². The van der Waals surface area contributed by atoms with Crippen molar-refractivity contribution in [3.63, 3.8) is 0 Å². The van der Waals surface area contributed by atoms with E-state index >= 15 is 0 Å². The molecule has 26 heavy (non-hydrogen) atoms. The summed E-state index contributed by atoms with van der Waals surface area (Å²) < 4.78 is 23.1. The Balaban J connectivity index is 0.00000338. The number of guanidine groups is 1. The standard InChI is InChI=1S/C17H26N4O3S.HI/c1-3-19-17(21-15-8-10-25(23,24)12-15)20-9-7-13-5-4-6-14(11-13)16(22)18-2;/h4-6,11,15H,3,7-10,12H2,1-2H3,(H,18,22)(H2,19,20,21);1H. The molecule has 9 heteroatoms. The predicted molar refractivity (Wildman–Crippen MR) is 115 cm³/mol. The summed E-state index contributed by atoms with van der Waals surface area (Å²) in [7, 11) is -1.31. The number of amides is 1. The number of carbonyl (C=O) groups is 1. The maximum Gasteiger partial charge on any atom is 0.251 e. The number of nitrogens with one attached hydrogen (secondary N) is 3. The van der Waals surface area contributed by atoms with E-state index in [9.17, 15) is 13.2 Å². The molecule has 1 amide bonds. The van der Waals surface area contributed by atoms with Crippen molar-refractivity contribution < 1.29 is 13.2 Å². The molecule has 1 heterocycles. The number of aliphatic imine (C=N–C) groups is 1. The molecular weight excluding hydrogens is 467 g/mol. The normalized spacial score (nSPS) is 18.7. The summed E-state index contributed by atoms with van der Waals surface area (Å²) in [5.41, 5.74) is 1.66. The van der Waals surface area contributed by atoms with Gasteiger partial charge in [0.15, 0.2) is 15.8 Å². The number of carbonyl (C=O) groups excluding carboxylic acids is 1. The van der Waals surface area contributed by atoms with Gasteiger partial charge in [-0.1, -0.05) is 12.1 Å². The van der Waals surface area contributed by atoms with E-state index in [1.165, 1.54) is 0 Å². The SMILES string of the molecule is CCNC(=NCCc1cccc(C(=O)NC)c1)NC1CCS(=O)(=O)C1.I. The molecule has 2 rings (SSSR count). The van der Waals surface area contributed by atoms with E-state index in [0.717, 1.165) is 5.56 Å². The fourth-order valence-electron chi connectivity index (χ4n) is 2.73. The van der Waals surface area contributed by atoms with Gasteiger partial charge < -0.3 is 16.0 Å². The first-order valence-electron chi connectivity index (χ1n) is 8.50. The highest BCUT2D eigenvalue weighted by Crippen LogP contribution is 2.11. The van der Waals surface area contributed by atoms with E-state index in [1.54, 1.807) is 13.1 Å². The summed E-state index contributed by atoms with van der Waals surface area (Å²) in [5, 5.41) is 8.95. The fraction of sp³-hybridized carbons (Fsp3) is 0.529. The Morgan fingerprint density at radius 2 is 2.12 bits per heavy atom. The summed E-state index contributed by atoms with van der Waals surface area (Å²) >= 11 is 0. The molecule has 1 atom stereocenters. The molecule has 1 fully saturated rings. The zero-order chi connectivity index (χ0) is 18.3. The molecule has 1 aliphatic rings. The Hall–Kier alpha value is -1.36. The first-order valence-corrected chi connectivity index (χ1v) is 10.3. The molecule has 0 bridgehead atoms. The molecule has 1 aromatic carbocycles. The van der Waals surface area contributed by atoms with Crippen molar-refractivity contribution in [3.8, 4) is 0 Å². The summed E-state index contributed by atoms with van der Waals surface area (Å²) in [4.78, 5) is 16.2. The molecule has 1 aromatic rings. The highest BCUT2D eigenvalue weighted by Gasteiger charge is 2.28. The average molecular weight is 494 g/mol. The second-order valence-corrected chi connectivity index (χ2v) is 8.26. The summed E-state index contributed by atoms with van der Waals surface area (Å²) in [6.07, 6.45) is 1.31. The van der Waals surface area contributed by atoms with E-state index in [4.69, 9.17) is 0 Å². The molecule has 1 aliphatic heterocycles. The van der Waals surface area contributed by atoms with Gasteiger partial charge in [-0.05, 0) is 37.5 Å². The van der Waals surface area contributed by atoms with Gasteiger partial charge in [-0.25, -0.2) is 8.42 Å². The lowest BCUT2D eigenvalue weighted by molar-refractivity contribution is 0.0963. The Labute approximate surface area is 172 Å². The van der Waals surface area contributed by atoms with Crippen LogP contribution in [0, 0.1) is 0 Å². The lowest BCUT2D eigenvalue weighted by atomic mass is 10.1. The number of halogens is 1. The molecule has 0 aromatic heterocycles. The van der Waals surface area contributed by atoms with Crippen molar-refractivity contribution in [2.24, 2.45) is 4.99 Å². The summed E-state index contributed by atoms with van der Waals surface area (Å²) in [6, 6.07) is 7.37. The minimum absolute atomic E-state index is 0. The molecule has 3 N–H and O–H groups in total. The van der Waals surface area contributed by atoms with Crippen molar-refractivity contribution in [1.29, 1.82) is 0 Å². The van der Waals surface area contributed by atoms with Crippen LogP contribution in [0.15, 0.2) is 29.3 Å². The second kappa shape index (κ2) is 10.7. The van der Waals surface area contributed by atoms with Gasteiger partial charge in [0, 0.05) is 31.7 Å². The summed E-state index contributed by atoms with van der Waals surface area (Å²) in [6.45, 7) is 3.22. The fourth-order valence-corrected chi connectivity index (χ4v) is 4.40. The lowest BCUT2D eigenvalue weighted by Gasteiger charge is -2.15. The quantitative estimate of drug-likeness (QED) is 0.311. The number of sulfone groups is 1. The van der Waals surface area contributed by atoms with Crippen LogP contribution in [-0.4, -0.2) is 58.0 Å². The zero-order valence-corrected chi connectivity index (χ0v) is 18.3. The van der Waals surface area contributed by atoms with E-state index in [1.807, 2.05) is 25.1 Å². The monoisotopic (exact) mass is 494 g/mol. The maximum absolute atomic E-state index is 11.7. The van der Waals surface area contributed by atoms with Crippen LogP contribution in [0.4, 0.5) is 0 Å². The molecule has 146 valence electrons. The number of hydrogen-bond acceptors (Lipinski definition) is 4. The van der Waals surface area contributed by atoms with E-state index in [2.05, 4.69) is 20.9 Å². The van der Waals surface area contributed by atoms with Crippen molar-refractivity contribution >= 4 is 45.7 Å². The molecule has 0 aliphatic carbocycles. The van der Waals surface area contributed by atoms with Gasteiger partial charge >= 0.3 is 0 Å². The van der Waals surface area contributed by atoms with Gasteiger partial charge in [0.1, 0.15) is 0 Å². The Kier molecular flexibility index (Phi) is 9.34. The number of benzene rings is 1. The number of rotatable bonds is 6. The highest BCUT2D eigenvalue weighted by atomic mass is 127. The maximum atomic E-state index is 11.7. The van der Waals surface area contributed by atoms with Crippen LogP contribution in [0.1, 0.15) is 29.3 Å². The molecule has 0 spiro atoms. The first kappa shape index (κ1) is 22.7. The third-order valence-electron chi connectivity index (χ3n) is 4.00. The van der Waals surface area contributed by atoms with Crippen LogP contribution >= 0.6 is 24.0 Å². The largest absolute Gasteiger partial charge is 0.357 e. The molecule has 0 saturated carbocycles. The minimum Gasteiger partial charge on any atom is -0.357 e. The van der Waals surface area contributed by atoms with E-state index in [-0.39, 0.29) is 47.4 Å². The third kappa shape index (κ3) is 7.10. The Bertz CT molecular complexity index is 737. The van der Waals surface area contributed by atoms with Crippen molar-refractivity contribution in [3.05, 3.63) is 35.4 Å². The highest BCUT2D eigenvalue weighted by molar-refractivity contribution is 14.0. The van der Waals surface area contributed by atoms with Crippen molar-refractivity contribution in [2.75, 3.05) is 31.6 Å². The molecular formula is C17H27IN4O3S. The van der Waals surface area contributed by atoms with Gasteiger partial charge in [-0.15, -0.1) is 24.0 Å². The number of hydrogen-bond donors (Lipinski definition) is 3. The van der Waals surface area contributed by atoms with Crippen LogP contribution < -0.4 is 16.0 Å². The Morgan fingerprint density at radius 3 is 2.73 bits per heavy atom. The lowest BCUT2D eigenvalue weighted by Crippen LogP contribution is -2.44. The summed E-state index contributed by atoms with van der Waals surface area (Å²) in [5.74, 6) is 0.914.